The van der Waals surface area contributed by atoms with E-state index in [1.807, 2.05) is 0 Å². The molecule has 1 aliphatic rings. The number of nitrogens with one attached hydrogen (secondary N) is 1. The molecule has 0 aromatic heterocycles. The molecule has 2 heteroatoms. The highest BCUT2D eigenvalue weighted by molar-refractivity contribution is 5.19. The van der Waals surface area contributed by atoms with E-state index in [0.29, 0.717) is 12.0 Å². The zero-order valence-corrected chi connectivity index (χ0v) is 14.0. The number of benzene rings is 1. The van der Waals surface area contributed by atoms with Crippen LogP contribution in [0.5, 0.6) is 0 Å². The minimum Gasteiger partial charge on any atom is -0.310 e. The number of likely N-dealkylation sites (tertiary alicyclic amines) is 1. The lowest BCUT2D eigenvalue weighted by molar-refractivity contribution is 0.240. The van der Waals surface area contributed by atoms with Crippen molar-refractivity contribution in [3.8, 4) is 0 Å². The van der Waals surface area contributed by atoms with Gasteiger partial charge in [0.15, 0.2) is 0 Å². The second-order valence-corrected chi connectivity index (χ2v) is 6.64. The molecule has 1 aliphatic heterocycles. The van der Waals surface area contributed by atoms with Crippen molar-refractivity contribution < 1.29 is 0 Å². The standard InChI is InChI=1S/C19H32N2/c1-4-12-20-19(18-9-7-6-8-10-18)16(3)14-21-13-11-17(5-2)15-21/h6-10,16-17,19-20H,4-5,11-15H2,1-3H3. The number of nitrogens with zero attached hydrogens (tertiary/aromatic N) is 1. The van der Waals surface area contributed by atoms with Crippen molar-refractivity contribution in [3.05, 3.63) is 35.9 Å². The smallest absolute Gasteiger partial charge is 0.0358 e. The summed E-state index contributed by atoms with van der Waals surface area (Å²) in [6, 6.07) is 11.4. The molecule has 0 bridgehead atoms. The van der Waals surface area contributed by atoms with E-state index in [4.69, 9.17) is 0 Å². The predicted octanol–water partition coefficient (Wildman–Crippen LogP) is 4.10. The van der Waals surface area contributed by atoms with Crippen LogP contribution in [0.1, 0.15) is 51.6 Å². The Balaban J connectivity index is 1.96. The van der Waals surface area contributed by atoms with Gasteiger partial charge in [-0.15, -0.1) is 0 Å². The van der Waals surface area contributed by atoms with Gasteiger partial charge in [-0.05, 0) is 43.3 Å². The number of hydrogen-bond acceptors (Lipinski definition) is 2. The van der Waals surface area contributed by atoms with Crippen LogP contribution in [0.3, 0.4) is 0 Å². The molecule has 0 aliphatic carbocycles. The van der Waals surface area contributed by atoms with Crippen LogP contribution in [0.2, 0.25) is 0 Å². The molecule has 2 nitrogen and oxygen atoms in total. The van der Waals surface area contributed by atoms with Crippen molar-refractivity contribution in [2.75, 3.05) is 26.2 Å². The Hall–Kier alpha value is -0.860. The van der Waals surface area contributed by atoms with Crippen LogP contribution >= 0.6 is 0 Å². The van der Waals surface area contributed by atoms with Crippen molar-refractivity contribution in [2.24, 2.45) is 11.8 Å². The minimum absolute atomic E-state index is 0.479. The van der Waals surface area contributed by atoms with Crippen molar-refractivity contribution in [3.63, 3.8) is 0 Å². The zero-order chi connectivity index (χ0) is 15.1. The van der Waals surface area contributed by atoms with E-state index in [9.17, 15) is 0 Å². The molecule has 1 N–H and O–H groups in total. The van der Waals surface area contributed by atoms with Crippen LogP contribution in [-0.2, 0) is 0 Å². The average molecular weight is 288 g/mol. The van der Waals surface area contributed by atoms with Gasteiger partial charge in [0.05, 0.1) is 0 Å². The molecule has 0 amide bonds. The van der Waals surface area contributed by atoms with Gasteiger partial charge in [0.1, 0.15) is 0 Å². The van der Waals surface area contributed by atoms with E-state index in [1.165, 1.54) is 44.5 Å². The Labute approximate surface area is 130 Å². The maximum absolute atomic E-state index is 3.76. The molecule has 1 aromatic carbocycles. The zero-order valence-electron chi connectivity index (χ0n) is 14.0. The third-order valence-corrected chi connectivity index (χ3v) is 4.84. The van der Waals surface area contributed by atoms with Crippen molar-refractivity contribution in [2.45, 2.75) is 46.1 Å². The van der Waals surface area contributed by atoms with Crippen LogP contribution in [0.4, 0.5) is 0 Å². The molecule has 1 fully saturated rings. The van der Waals surface area contributed by atoms with Gasteiger partial charge in [0, 0.05) is 19.1 Å². The molecule has 0 saturated carbocycles. The fourth-order valence-corrected chi connectivity index (χ4v) is 3.53. The topological polar surface area (TPSA) is 15.3 Å². The van der Waals surface area contributed by atoms with Gasteiger partial charge in [0.2, 0.25) is 0 Å². The van der Waals surface area contributed by atoms with Gasteiger partial charge in [-0.3, -0.25) is 0 Å². The Morgan fingerprint density at radius 1 is 1.24 bits per heavy atom. The minimum atomic E-state index is 0.479. The Bertz CT molecular complexity index is 390. The van der Waals surface area contributed by atoms with Crippen molar-refractivity contribution >= 4 is 0 Å². The summed E-state index contributed by atoms with van der Waals surface area (Å²) in [5, 5.41) is 3.76. The summed E-state index contributed by atoms with van der Waals surface area (Å²) in [6.07, 6.45) is 3.92. The first-order valence-electron chi connectivity index (χ1n) is 8.75. The summed E-state index contributed by atoms with van der Waals surface area (Å²) in [5.41, 5.74) is 1.43. The highest BCUT2D eigenvalue weighted by Crippen LogP contribution is 2.26. The Morgan fingerprint density at radius 3 is 2.62 bits per heavy atom. The van der Waals surface area contributed by atoms with Gasteiger partial charge in [0.25, 0.3) is 0 Å². The highest BCUT2D eigenvalue weighted by Gasteiger charge is 2.25. The normalized spacial score (nSPS) is 22.3. The highest BCUT2D eigenvalue weighted by atomic mass is 15.1. The fourth-order valence-electron chi connectivity index (χ4n) is 3.53. The number of hydrogen-bond donors (Lipinski definition) is 1. The summed E-state index contributed by atoms with van der Waals surface area (Å²) in [4.78, 5) is 2.67. The molecule has 3 unspecified atom stereocenters. The van der Waals surface area contributed by atoms with Gasteiger partial charge in [-0.25, -0.2) is 0 Å². The lowest BCUT2D eigenvalue weighted by Crippen LogP contribution is -2.35. The number of rotatable bonds is 8. The predicted molar refractivity (Wildman–Crippen MR) is 91.5 cm³/mol. The summed E-state index contributed by atoms with van der Waals surface area (Å²) in [6.45, 7) is 11.9. The summed E-state index contributed by atoms with van der Waals surface area (Å²) in [5.74, 6) is 1.57. The first-order valence-corrected chi connectivity index (χ1v) is 8.75. The molecule has 1 heterocycles. The molecule has 21 heavy (non-hydrogen) atoms. The molecule has 118 valence electrons. The third kappa shape index (κ3) is 4.82. The van der Waals surface area contributed by atoms with Crippen molar-refractivity contribution in [1.82, 2.24) is 10.2 Å². The second-order valence-electron chi connectivity index (χ2n) is 6.64. The van der Waals surface area contributed by atoms with Crippen LogP contribution in [0.15, 0.2) is 30.3 Å². The van der Waals surface area contributed by atoms with Gasteiger partial charge in [-0.1, -0.05) is 57.5 Å². The molecule has 2 rings (SSSR count). The largest absolute Gasteiger partial charge is 0.310 e. The SMILES string of the molecule is CCCNC(c1ccccc1)C(C)CN1CCC(CC)C1. The molecule has 0 spiro atoms. The van der Waals surface area contributed by atoms with E-state index in [2.05, 4.69) is 61.3 Å². The van der Waals surface area contributed by atoms with Crippen LogP contribution in [-0.4, -0.2) is 31.1 Å². The van der Waals surface area contributed by atoms with Crippen molar-refractivity contribution in [1.29, 1.82) is 0 Å². The van der Waals surface area contributed by atoms with E-state index in [0.717, 1.165) is 12.5 Å². The fraction of sp³-hybridized carbons (Fsp3) is 0.684. The lowest BCUT2D eigenvalue weighted by atomic mass is 9.93. The monoisotopic (exact) mass is 288 g/mol. The maximum atomic E-state index is 3.76. The molecule has 0 radical (unpaired) electrons. The first kappa shape index (κ1) is 16.5. The summed E-state index contributed by atoms with van der Waals surface area (Å²) in [7, 11) is 0. The third-order valence-electron chi connectivity index (χ3n) is 4.84. The molecule has 1 saturated heterocycles. The maximum Gasteiger partial charge on any atom is 0.0358 e. The van der Waals surface area contributed by atoms with Crippen LogP contribution < -0.4 is 5.32 Å². The Morgan fingerprint density at radius 2 is 2.00 bits per heavy atom. The quantitative estimate of drug-likeness (QED) is 0.775. The van der Waals surface area contributed by atoms with E-state index in [-0.39, 0.29) is 0 Å². The molecular formula is C19H32N2. The molecular weight excluding hydrogens is 256 g/mol. The van der Waals surface area contributed by atoms with Crippen LogP contribution in [0, 0.1) is 11.8 Å². The Kier molecular flexibility index (Phi) is 6.72. The molecule has 1 aromatic rings. The van der Waals surface area contributed by atoms with E-state index < -0.39 is 0 Å². The summed E-state index contributed by atoms with van der Waals surface area (Å²) >= 11 is 0. The second kappa shape index (κ2) is 8.55. The summed E-state index contributed by atoms with van der Waals surface area (Å²) < 4.78 is 0. The average Bonchev–Trinajstić information content (AvgIpc) is 2.96. The first-order chi connectivity index (χ1) is 10.2. The molecule has 3 atom stereocenters. The van der Waals surface area contributed by atoms with E-state index >= 15 is 0 Å². The van der Waals surface area contributed by atoms with Gasteiger partial charge < -0.3 is 10.2 Å². The van der Waals surface area contributed by atoms with Gasteiger partial charge in [-0.2, -0.15) is 0 Å². The lowest BCUT2D eigenvalue weighted by Gasteiger charge is -2.29. The van der Waals surface area contributed by atoms with E-state index in [1.54, 1.807) is 0 Å². The van der Waals surface area contributed by atoms with Gasteiger partial charge >= 0.3 is 0 Å². The van der Waals surface area contributed by atoms with Crippen LogP contribution in [0.25, 0.3) is 0 Å².